The van der Waals surface area contributed by atoms with Crippen molar-refractivity contribution in [3.63, 3.8) is 0 Å². The summed E-state index contributed by atoms with van der Waals surface area (Å²) in [5, 5.41) is 0. The molecule has 0 radical (unpaired) electrons. The molecule has 0 unspecified atom stereocenters. The van der Waals surface area contributed by atoms with Gasteiger partial charge in [0.15, 0.2) is 0 Å². The summed E-state index contributed by atoms with van der Waals surface area (Å²) in [5.41, 5.74) is 12.1. The zero-order chi connectivity index (χ0) is 20.1. The number of hydrogen-bond acceptors (Lipinski definition) is 4. The number of ether oxygens (including phenoxy) is 2. The van der Waals surface area contributed by atoms with Crippen LogP contribution in [-0.2, 0) is 25.7 Å². The maximum atomic E-state index is 12.0. The van der Waals surface area contributed by atoms with Gasteiger partial charge in [-0.1, -0.05) is 44.2 Å². The van der Waals surface area contributed by atoms with Crippen LogP contribution in [0.2, 0.25) is 0 Å². The second-order valence-corrected chi connectivity index (χ2v) is 6.60. The molecule has 1 rings (SSSR count). The molecule has 0 aromatic heterocycles. The number of carbonyl (C=O) groups is 2. The summed E-state index contributed by atoms with van der Waals surface area (Å²) in [6.45, 7) is 6.59. The van der Waals surface area contributed by atoms with E-state index in [0.29, 0.717) is 19.6 Å². The lowest BCUT2D eigenvalue weighted by Gasteiger charge is -2.17. The van der Waals surface area contributed by atoms with Crippen LogP contribution in [-0.4, -0.2) is 35.5 Å². The molecule has 0 N–H and O–H groups in total. The highest BCUT2D eigenvalue weighted by Gasteiger charge is 2.31. The first-order valence-electron chi connectivity index (χ1n) is 8.85. The molecule has 0 spiro atoms. The van der Waals surface area contributed by atoms with Crippen LogP contribution >= 0.6 is 0 Å². The number of hydrogen-bond donors (Lipinski definition) is 0. The van der Waals surface area contributed by atoms with Crippen molar-refractivity contribution in [2.75, 3.05) is 13.2 Å². The lowest BCUT2D eigenvalue weighted by Crippen LogP contribution is -2.28. The first-order chi connectivity index (χ1) is 12.9. The van der Waals surface area contributed by atoms with Crippen LogP contribution in [0.5, 0.6) is 0 Å². The molecule has 0 saturated heterocycles. The Bertz CT molecular complexity index is 741. The summed E-state index contributed by atoms with van der Waals surface area (Å²) >= 11 is 0. The molecular weight excluding hydrogens is 344 g/mol. The summed E-state index contributed by atoms with van der Waals surface area (Å²) in [5.74, 6) is -1.46. The van der Waals surface area contributed by atoms with Gasteiger partial charge in [-0.2, -0.15) is 4.79 Å². The summed E-state index contributed by atoms with van der Waals surface area (Å²) in [7, 11) is 0. The standard InChI is InChI=1S/C21H26N2O4/c1-4-27-20(25)19(23-22)18(24)12-14-21(2,3)13-8-9-15-26-16-17-10-6-5-7-11-17/h5-7,9-11,13H,4,12,14-16H2,1-3H3. The number of benzene rings is 1. The van der Waals surface area contributed by atoms with Gasteiger partial charge in [0.1, 0.15) is 0 Å². The molecule has 144 valence electrons. The van der Waals surface area contributed by atoms with Gasteiger partial charge in [-0.05, 0) is 36.5 Å². The van der Waals surface area contributed by atoms with Crippen molar-refractivity contribution in [1.29, 1.82) is 0 Å². The molecule has 6 nitrogen and oxygen atoms in total. The number of nitrogens with zero attached hydrogens (tertiary/aromatic N) is 2. The SMILES string of the molecule is CCOC(=O)C(=[N+]=[N-])C(=O)CCC(C)(C)C=C=CCOCc1ccccc1. The minimum Gasteiger partial charge on any atom is -0.457 e. The van der Waals surface area contributed by atoms with E-state index in [1.807, 2.05) is 50.3 Å². The lowest BCUT2D eigenvalue weighted by molar-refractivity contribution is -0.141. The number of rotatable bonds is 11. The van der Waals surface area contributed by atoms with Crippen molar-refractivity contribution in [1.82, 2.24) is 0 Å². The molecule has 0 aliphatic carbocycles. The van der Waals surface area contributed by atoms with Crippen LogP contribution in [0.15, 0.2) is 48.2 Å². The quantitative estimate of drug-likeness (QED) is 0.113. The van der Waals surface area contributed by atoms with Crippen LogP contribution in [0, 0.1) is 5.41 Å². The van der Waals surface area contributed by atoms with Crippen LogP contribution in [0.4, 0.5) is 0 Å². The van der Waals surface area contributed by atoms with E-state index >= 15 is 0 Å². The van der Waals surface area contributed by atoms with Gasteiger partial charge in [-0.25, -0.2) is 4.79 Å². The van der Waals surface area contributed by atoms with E-state index < -0.39 is 17.5 Å². The predicted octanol–water partition coefficient (Wildman–Crippen LogP) is 3.52. The average molecular weight is 370 g/mol. The highest BCUT2D eigenvalue weighted by molar-refractivity contribution is 6.62. The number of Topliss-reactive ketones (excluding diaryl/α,β-unsaturated/α-hetero) is 1. The summed E-state index contributed by atoms with van der Waals surface area (Å²) in [6.07, 6.45) is 4.17. The van der Waals surface area contributed by atoms with Crippen LogP contribution < -0.4 is 0 Å². The van der Waals surface area contributed by atoms with E-state index in [1.165, 1.54) is 0 Å². The Morgan fingerprint density at radius 1 is 1.26 bits per heavy atom. The molecule has 1 aromatic carbocycles. The topological polar surface area (TPSA) is 89.0 Å². The van der Waals surface area contributed by atoms with E-state index in [0.717, 1.165) is 5.56 Å². The number of ketones is 1. The van der Waals surface area contributed by atoms with Crippen molar-refractivity contribution >= 4 is 17.5 Å². The second kappa shape index (κ2) is 11.8. The third-order valence-electron chi connectivity index (χ3n) is 3.73. The molecule has 0 fully saturated rings. The third-order valence-corrected chi connectivity index (χ3v) is 3.73. The lowest BCUT2D eigenvalue weighted by atomic mass is 9.86. The fourth-order valence-electron chi connectivity index (χ4n) is 2.18. The maximum Gasteiger partial charge on any atom is 0.441 e. The molecule has 0 atom stereocenters. The molecule has 0 aliphatic heterocycles. The van der Waals surface area contributed by atoms with Gasteiger partial charge in [0.05, 0.1) is 19.8 Å². The van der Waals surface area contributed by atoms with E-state index in [-0.39, 0.29) is 18.4 Å². The third kappa shape index (κ3) is 8.93. The Morgan fingerprint density at radius 3 is 2.59 bits per heavy atom. The molecule has 27 heavy (non-hydrogen) atoms. The van der Waals surface area contributed by atoms with Crippen molar-refractivity contribution in [3.05, 3.63) is 59.3 Å². The summed E-state index contributed by atoms with van der Waals surface area (Å²) < 4.78 is 10.2. The number of carbonyl (C=O) groups excluding carboxylic acids is 2. The van der Waals surface area contributed by atoms with Crippen LogP contribution in [0.25, 0.3) is 5.53 Å². The van der Waals surface area contributed by atoms with Gasteiger partial charge < -0.3 is 15.0 Å². The molecule has 6 heteroatoms. The van der Waals surface area contributed by atoms with Gasteiger partial charge in [0, 0.05) is 6.42 Å². The fraction of sp³-hybridized carbons (Fsp3) is 0.429. The van der Waals surface area contributed by atoms with Crippen LogP contribution in [0.3, 0.4) is 0 Å². The zero-order valence-electron chi connectivity index (χ0n) is 16.1. The molecule has 0 bridgehead atoms. The minimum atomic E-state index is -0.909. The fourth-order valence-corrected chi connectivity index (χ4v) is 2.18. The minimum absolute atomic E-state index is 0.0634. The largest absolute Gasteiger partial charge is 0.457 e. The Kier molecular flexibility index (Phi) is 9.70. The first kappa shape index (κ1) is 22.3. The summed E-state index contributed by atoms with van der Waals surface area (Å²) in [4.78, 5) is 26.3. The zero-order valence-corrected chi connectivity index (χ0v) is 16.1. The highest BCUT2D eigenvalue weighted by atomic mass is 16.5. The van der Waals surface area contributed by atoms with E-state index in [1.54, 1.807) is 13.0 Å². The molecule has 0 heterocycles. The van der Waals surface area contributed by atoms with Crippen molar-refractivity contribution in [3.8, 4) is 0 Å². The Morgan fingerprint density at radius 2 is 1.96 bits per heavy atom. The van der Waals surface area contributed by atoms with Crippen LogP contribution in [0.1, 0.15) is 39.2 Å². The van der Waals surface area contributed by atoms with Gasteiger partial charge in [-0.3, -0.25) is 4.79 Å². The smallest absolute Gasteiger partial charge is 0.441 e. The van der Waals surface area contributed by atoms with Crippen molar-refractivity contribution in [2.45, 2.75) is 40.2 Å². The summed E-state index contributed by atoms with van der Waals surface area (Å²) in [6, 6.07) is 9.89. The molecular formula is C21H26N2O4. The average Bonchev–Trinajstić information content (AvgIpc) is 2.64. The molecule has 1 aromatic rings. The van der Waals surface area contributed by atoms with E-state index in [4.69, 9.17) is 15.0 Å². The van der Waals surface area contributed by atoms with E-state index in [9.17, 15) is 9.59 Å². The first-order valence-corrected chi connectivity index (χ1v) is 8.85. The normalized spacial score (nSPS) is 10.3. The Hall–Kier alpha value is -2.78. The monoisotopic (exact) mass is 370 g/mol. The van der Waals surface area contributed by atoms with Crippen molar-refractivity contribution in [2.24, 2.45) is 5.41 Å². The molecule has 0 aliphatic rings. The highest BCUT2D eigenvalue weighted by Crippen LogP contribution is 2.23. The van der Waals surface area contributed by atoms with Gasteiger partial charge >= 0.3 is 11.7 Å². The second-order valence-electron chi connectivity index (χ2n) is 6.60. The Labute approximate surface area is 160 Å². The predicted molar refractivity (Wildman–Crippen MR) is 102 cm³/mol. The van der Waals surface area contributed by atoms with E-state index in [2.05, 4.69) is 10.5 Å². The molecule has 0 saturated carbocycles. The maximum absolute atomic E-state index is 12.0. The number of esters is 1. The van der Waals surface area contributed by atoms with Gasteiger partial charge in [-0.15, -0.1) is 5.73 Å². The Balaban J connectivity index is 2.45. The van der Waals surface area contributed by atoms with Gasteiger partial charge in [0.2, 0.25) is 0 Å². The molecule has 0 amide bonds. The van der Waals surface area contributed by atoms with Gasteiger partial charge in [0.25, 0.3) is 5.78 Å². The van der Waals surface area contributed by atoms with Crippen molar-refractivity contribution < 1.29 is 23.9 Å².